The Hall–Kier alpha value is -2.79. The number of piperidine rings is 1. The zero-order valence-electron chi connectivity index (χ0n) is 14.6. The Morgan fingerprint density at radius 3 is 2.85 bits per heavy atom. The van der Waals surface area contributed by atoms with Gasteiger partial charge in [0, 0.05) is 23.5 Å². The molecule has 1 aliphatic heterocycles. The van der Waals surface area contributed by atoms with Crippen molar-refractivity contribution in [2.24, 2.45) is 0 Å². The maximum absolute atomic E-state index is 12.5. The van der Waals surface area contributed by atoms with Gasteiger partial charge in [0.1, 0.15) is 18.1 Å². The van der Waals surface area contributed by atoms with E-state index in [1.165, 1.54) is 0 Å². The van der Waals surface area contributed by atoms with Crippen LogP contribution in [-0.2, 0) is 6.61 Å². The molecule has 0 aliphatic carbocycles. The largest absolute Gasteiger partial charge is 0.489 e. The van der Waals surface area contributed by atoms with E-state index in [2.05, 4.69) is 15.6 Å². The molecule has 1 aliphatic rings. The van der Waals surface area contributed by atoms with Gasteiger partial charge in [-0.3, -0.25) is 4.79 Å². The first-order chi connectivity index (χ1) is 12.8. The number of ether oxygens (including phenoxy) is 1. The molecule has 26 heavy (non-hydrogen) atoms. The molecule has 3 N–H and O–H groups in total. The number of carbonyl (C=O) groups is 1. The molecule has 0 spiro atoms. The van der Waals surface area contributed by atoms with Gasteiger partial charge in [-0.1, -0.05) is 30.3 Å². The normalized spacial score (nSPS) is 17.2. The van der Waals surface area contributed by atoms with Crippen LogP contribution in [0, 0.1) is 0 Å². The maximum atomic E-state index is 12.5. The molecular weight excluding hydrogens is 326 g/mol. The highest BCUT2D eigenvalue weighted by atomic mass is 16.5. The predicted octanol–water partition coefficient (Wildman–Crippen LogP) is 3.23. The average Bonchev–Trinajstić information content (AvgIpc) is 3.11. The molecule has 3 aromatic rings. The van der Waals surface area contributed by atoms with Gasteiger partial charge in [-0.25, -0.2) is 0 Å². The Morgan fingerprint density at radius 1 is 1.15 bits per heavy atom. The number of nitrogens with one attached hydrogen (secondary N) is 3. The van der Waals surface area contributed by atoms with Crippen LogP contribution in [0.4, 0.5) is 0 Å². The van der Waals surface area contributed by atoms with Crippen LogP contribution >= 0.6 is 0 Å². The molecular formula is C21H23N3O2. The summed E-state index contributed by atoms with van der Waals surface area (Å²) >= 11 is 0. The third-order valence-electron chi connectivity index (χ3n) is 4.72. The lowest BCUT2D eigenvalue weighted by Crippen LogP contribution is -2.45. The number of H-pyrrole nitrogens is 1. The van der Waals surface area contributed by atoms with Crippen LogP contribution in [-0.4, -0.2) is 30.0 Å². The second-order valence-corrected chi connectivity index (χ2v) is 6.72. The fourth-order valence-electron chi connectivity index (χ4n) is 3.30. The van der Waals surface area contributed by atoms with Crippen LogP contribution in [0.15, 0.2) is 54.6 Å². The van der Waals surface area contributed by atoms with Crippen molar-refractivity contribution in [3.05, 3.63) is 65.9 Å². The Kier molecular flexibility index (Phi) is 4.88. The van der Waals surface area contributed by atoms with Crippen LogP contribution in [0.1, 0.15) is 28.9 Å². The van der Waals surface area contributed by atoms with E-state index < -0.39 is 0 Å². The molecule has 2 aromatic carbocycles. The summed E-state index contributed by atoms with van der Waals surface area (Å²) in [7, 11) is 0. The highest BCUT2D eigenvalue weighted by molar-refractivity contribution is 5.98. The highest BCUT2D eigenvalue weighted by Crippen LogP contribution is 2.22. The molecule has 0 unspecified atom stereocenters. The Labute approximate surface area is 152 Å². The molecule has 1 aromatic heterocycles. The molecule has 1 atom stereocenters. The van der Waals surface area contributed by atoms with Gasteiger partial charge in [0.15, 0.2) is 0 Å². The first-order valence-electron chi connectivity index (χ1n) is 9.09. The maximum Gasteiger partial charge on any atom is 0.267 e. The quantitative estimate of drug-likeness (QED) is 0.662. The van der Waals surface area contributed by atoms with Crippen molar-refractivity contribution in [1.82, 2.24) is 15.6 Å². The second kappa shape index (κ2) is 7.62. The van der Waals surface area contributed by atoms with E-state index in [1.807, 2.05) is 54.6 Å². The summed E-state index contributed by atoms with van der Waals surface area (Å²) < 4.78 is 5.87. The molecule has 1 fully saturated rings. The average molecular weight is 349 g/mol. The number of carbonyl (C=O) groups excluding carboxylic acids is 1. The Balaban J connectivity index is 1.44. The standard InChI is InChI=1S/C21H23N3O2/c25-21(23-17-7-4-10-22-13-17)20-12-16-11-18(8-9-19(16)24-20)26-14-15-5-2-1-3-6-15/h1-3,5-6,8-9,11-12,17,22,24H,4,7,10,13-14H2,(H,23,25)/t17-/m1/s1. The molecule has 0 saturated carbocycles. The van der Waals surface area contributed by atoms with Gasteiger partial charge in [-0.05, 0) is 49.2 Å². The molecule has 134 valence electrons. The number of benzene rings is 2. The number of fused-ring (bicyclic) bond motifs is 1. The summed E-state index contributed by atoms with van der Waals surface area (Å²) in [5, 5.41) is 7.38. The van der Waals surface area contributed by atoms with E-state index in [1.54, 1.807) is 0 Å². The summed E-state index contributed by atoms with van der Waals surface area (Å²) in [6.45, 7) is 2.40. The molecule has 5 nitrogen and oxygen atoms in total. The monoisotopic (exact) mass is 349 g/mol. The van der Waals surface area contributed by atoms with Crippen LogP contribution in [0.5, 0.6) is 5.75 Å². The van der Waals surface area contributed by atoms with E-state index in [0.717, 1.165) is 48.1 Å². The fourth-order valence-corrected chi connectivity index (χ4v) is 3.30. The SMILES string of the molecule is O=C(N[C@@H]1CCCNC1)c1cc2cc(OCc3ccccc3)ccc2[nH]1. The lowest BCUT2D eigenvalue weighted by molar-refractivity contribution is 0.0926. The van der Waals surface area contributed by atoms with Crippen molar-refractivity contribution in [3.8, 4) is 5.75 Å². The van der Waals surface area contributed by atoms with E-state index in [-0.39, 0.29) is 11.9 Å². The Bertz CT molecular complexity index is 883. The van der Waals surface area contributed by atoms with Crippen molar-refractivity contribution >= 4 is 16.8 Å². The van der Waals surface area contributed by atoms with Crippen LogP contribution < -0.4 is 15.4 Å². The summed E-state index contributed by atoms with van der Waals surface area (Å²) in [6.07, 6.45) is 2.12. The first-order valence-corrected chi connectivity index (χ1v) is 9.09. The summed E-state index contributed by atoms with van der Waals surface area (Å²) in [5.74, 6) is 0.741. The smallest absolute Gasteiger partial charge is 0.267 e. The Morgan fingerprint density at radius 2 is 2.04 bits per heavy atom. The van der Waals surface area contributed by atoms with Crippen LogP contribution in [0.3, 0.4) is 0 Å². The predicted molar refractivity (Wildman–Crippen MR) is 102 cm³/mol. The third-order valence-corrected chi connectivity index (χ3v) is 4.72. The molecule has 0 radical (unpaired) electrons. The number of hydrogen-bond acceptors (Lipinski definition) is 3. The minimum absolute atomic E-state index is 0.0540. The van der Waals surface area contributed by atoms with Crippen LogP contribution in [0.25, 0.3) is 10.9 Å². The summed E-state index contributed by atoms with van der Waals surface area (Å²) in [5.41, 5.74) is 2.65. The number of aromatic amines is 1. The molecule has 0 bridgehead atoms. The van der Waals surface area contributed by atoms with Crippen molar-refractivity contribution < 1.29 is 9.53 Å². The molecule has 1 saturated heterocycles. The zero-order chi connectivity index (χ0) is 17.8. The minimum Gasteiger partial charge on any atom is -0.489 e. The second-order valence-electron chi connectivity index (χ2n) is 6.72. The van der Waals surface area contributed by atoms with Gasteiger partial charge in [-0.2, -0.15) is 0 Å². The van der Waals surface area contributed by atoms with E-state index in [9.17, 15) is 4.79 Å². The van der Waals surface area contributed by atoms with Gasteiger partial charge in [-0.15, -0.1) is 0 Å². The number of aromatic nitrogens is 1. The topological polar surface area (TPSA) is 66.2 Å². The number of amides is 1. The van der Waals surface area contributed by atoms with Crippen molar-refractivity contribution in [3.63, 3.8) is 0 Å². The zero-order valence-corrected chi connectivity index (χ0v) is 14.6. The number of rotatable bonds is 5. The van der Waals surface area contributed by atoms with Gasteiger partial charge in [0.25, 0.3) is 5.91 Å². The summed E-state index contributed by atoms with van der Waals surface area (Å²) in [4.78, 5) is 15.7. The van der Waals surface area contributed by atoms with Crippen molar-refractivity contribution in [2.45, 2.75) is 25.5 Å². The lowest BCUT2D eigenvalue weighted by Gasteiger charge is -2.23. The fraction of sp³-hybridized carbons (Fsp3) is 0.286. The highest BCUT2D eigenvalue weighted by Gasteiger charge is 2.17. The van der Waals surface area contributed by atoms with E-state index >= 15 is 0 Å². The molecule has 1 amide bonds. The molecule has 2 heterocycles. The molecule has 4 rings (SSSR count). The van der Waals surface area contributed by atoms with Gasteiger partial charge in [0.2, 0.25) is 0 Å². The first kappa shape index (κ1) is 16.7. The lowest BCUT2D eigenvalue weighted by atomic mass is 10.1. The van der Waals surface area contributed by atoms with E-state index in [0.29, 0.717) is 12.3 Å². The van der Waals surface area contributed by atoms with Crippen molar-refractivity contribution in [2.75, 3.05) is 13.1 Å². The van der Waals surface area contributed by atoms with Crippen LogP contribution in [0.2, 0.25) is 0 Å². The van der Waals surface area contributed by atoms with Gasteiger partial charge >= 0.3 is 0 Å². The van der Waals surface area contributed by atoms with Gasteiger partial charge in [0.05, 0.1) is 0 Å². The third kappa shape index (κ3) is 3.89. The molecule has 5 heteroatoms. The van der Waals surface area contributed by atoms with Gasteiger partial charge < -0.3 is 20.4 Å². The van der Waals surface area contributed by atoms with E-state index in [4.69, 9.17) is 4.74 Å². The number of hydrogen-bond donors (Lipinski definition) is 3. The van der Waals surface area contributed by atoms with Crippen molar-refractivity contribution in [1.29, 1.82) is 0 Å². The minimum atomic E-state index is -0.0540. The summed E-state index contributed by atoms with van der Waals surface area (Å²) in [6, 6.07) is 18.0.